The van der Waals surface area contributed by atoms with E-state index in [9.17, 15) is 0 Å². The second-order valence-corrected chi connectivity index (χ2v) is 7.65. The third-order valence-corrected chi connectivity index (χ3v) is 5.49. The van der Waals surface area contributed by atoms with Gasteiger partial charge in [0.2, 0.25) is 0 Å². The summed E-state index contributed by atoms with van der Waals surface area (Å²) in [5.74, 6) is 0. The molecule has 29 heavy (non-hydrogen) atoms. The summed E-state index contributed by atoms with van der Waals surface area (Å²) < 4.78 is 0. The van der Waals surface area contributed by atoms with Gasteiger partial charge in [-0.05, 0) is 33.7 Å². The molecule has 1 heterocycles. The van der Waals surface area contributed by atoms with Gasteiger partial charge in [0.15, 0.2) is 0 Å². The Kier molecular flexibility index (Phi) is 10.4. The van der Waals surface area contributed by atoms with E-state index in [4.69, 9.17) is 0 Å². The van der Waals surface area contributed by atoms with Crippen molar-refractivity contribution >= 4 is 0 Å². The molecule has 1 radical (unpaired) electrons. The van der Waals surface area contributed by atoms with Crippen molar-refractivity contribution in [3.8, 4) is 11.3 Å². The van der Waals surface area contributed by atoms with Crippen molar-refractivity contribution in [3.63, 3.8) is 0 Å². The quantitative estimate of drug-likeness (QED) is 0.276. The number of fused-ring (bicyclic) bond motifs is 2. The topological polar surface area (TPSA) is 79.9 Å². The molecule has 0 unspecified atom stereocenters. The molecule has 4 heteroatoms. The van der Waals surface area contributed by atoms with E-state index in [1.54, 1.807) is 0 Å². The summed E-state index contributed by atoms with van der Waals surface area (Å²) in [6.45, 7) is 9.28. The van der Waals surface area contributed by atoms with Gasteiger partial charge in [0.25, 0.3) is 0 Å². The summed E-state index contributed by atoms with van der Waals surface area (Å²) in [7, 11) is 0. The summed E-state index contributed by atoms with van der Waals surface area (Å²) in [5.41, 5.74) is 7.57. The van der Waals surface area contributed by atoms with E-state index < -0.39 is 0 Å². The van der Waals surface area contributed by atoms with Crippen LogP contribution in [0.4, 0.5) is 0 Å². The molecule has 0 aliphatic heterocycles. The first kappa shape index (κ1) is 29.4. The van der Waals surface area contributed by atoms with Gasteiger partial charge >= 0.3 is 0 Å². The Morgan fingerprint density at radius 2 is 1.28 bits per heavy atom. The van der Waals surface area contributed by atoms with Crippen molar-refractivity contribution in [1.82, 2.24) is 4.98 Å². The predicted molar refractivity (Wildman–Crippen MR) is 123 cm³/mol. The molecule has 2 aromatic carbocycles. The molecule has 4 N–H and O–H groups in total. The number of nitrogens with zero attached hydrogens (tertiary/aromatic N) is 1. The molecular weight excluding hydrogens is 535 g/mol. The smallest absolute Gasteiger partial charge is 0.0160 e. The first-order chi connectivity index (χ1) is 11.4. The van der Waals surface area contributed by atoms with E-state index in [0.717, 1.165) is 11.3 Å². The number of rotatable bonds is 1. The zero-order valence-corrected chi connectivity index (χ0v) is 20.6. The molecule has 0 spiro atoms. The molecule has 1 aliphatic carbocycles. The summed E-state index contributed by atoms with van der Waals surface area (Å²) >= 11 is 0. The Balaban J connectivity index is 0. The fraction of sp³-hybridized carbons (Fsp3) is 0.240. The van der Waals surface area contributed by atoms with Crippen molar-refractivity contribution in [2.45, 2.75) is 38.5 Å². The van der Waals surface area contributed by atoms with Crippen LogP contribution in [0.1, 0.15) is 49.9 Å². The van der Waals surface area contributed by atoms with Crippen molar-refractivity contribution in [2.75, 3.05) is 0 Å². The fourth-order valence-electron chi connectivity index (χ4n) is 4.23. The molecule has 161 valence electrons. The Labute approximate surface area is 190 Å². The van der Waals surface area contributed by atoms with Gasteiger partial charge in [-0.3, -0.25) is 0 Å². The number of benzene rings is 2. The molecule has 0 atom stereocenters. The Bertz CT molecular complexity index is 918. The van der Waals surface area contributed by atoms with Crippen molar-refractivity contribution in [2.24, 2.45) is 0 Å². The summed E-state index contributed by atoms with van der Waals surface area (Å²) in [6, 6.07) is 22.7. The average Bonchev–Trinajstić information content (AvgIpc) is 2.61. The van der Waals surface area contributed by atoms with Gasteiger partial charge in [0, 0.05) is 26.3 Å². The predicted octanol–water partition coefficient (Wildman–Crippen LogP) is 7.85. The molecule has 1 aliphatic rings. The number of hydrogen-bond donors (Lipinski definition) is 0. The average molecular weight is 567 g/mol. The zero-order valence-electron chi connectivity index (χ0n) is 18.2. The molecule has 0 amide bonds. The molecular formula is C25H32IrN3-5. The van der Waals surface area contributed by atoms with Crippen LogP contribution in [0.2, 0.25) is 0 Å². The third kappa shape index (κ3) is 4.36. The van der Waals surface area contributed by atoms with Gasteiger partial charge in [-0.25, -0.2) is 0 Å². The van der Waals surface area contributed by atoms with Crippen LogP contribution in [-0.4, -0.2) is 4.98 Å². The van der Waals surface area contributed by atoms with Crippen molar-refractivity contribution in [3.05, 3.63) is 116 Å². The van der Waals surface area contributed by atoms with Crippen LogP contribution in [0.15, 0.2) is 60.8 Å². The van der Waals surface area contributed by atoms with Crippen LogP contribution >= 0.6 is 0 Å². The van der Waals surface area contributed by atoms with Crippen LogP contribution in [0.3, 0.4) is 0 Å². The Morgan fingerprint density at radius 1 is 0.724 bits per heavy atom. The third-order valence-electron chi connectivity index (χ3n) is 5.49. The van der Waals surface area contributed by atoms with Crippen LogP contribution in [0.5, 0.6) is 0 Å². The number of hydrogen-bond acceptors (Lipinski definition) is 1. The molecule has 4 rings (SSSR count). The maximum atomic E-state index is 4.60. The zero-order chi connectivity index (χ0) is 16.9. The molecule has 1 aromatic heterocycles. The SMILES string of the molecule is CC1(C)c2ccccc2C(C)(C)c2c(-c3ccccn3)[c-]ccc21.[CH3-].[CH3-].[Ir].[NH2-].[NH2-]. The van der Waals surface area contributed by atoms with Gasteiger partial charge in [0.1, 0.15) is 0 Å². The first-order valence-electron chi connectivity index (χ1n) is 8.51. The maximum Gasteiger partial charge on any atom is 0.0160 e. The molecule has 0 saturated carbocycles. The van der Waals surface area contributed by atoms with Crippen LogP contribution in [-0.2, 0) is 30.9 Å². The molecule has 3 nitrogen and oxygen atoms in total. The fourth-order valence-corrected chi connectivity index (χ4v) is 4.23. The van der Waals surface area contributed by atoms with Crippen LogP contribution in [0.25, 0.3) is 23.6 Å². The van der Waals surface area contributed by atoms with Crippen molar-refractivity contribution < 1.29 is 20.1 Å². The number of aromatic nitrogens is 1. The van der Waals surface area contributed by atoms with Gasteiger partial charge in [-0.15, -0.1) is 34.9 Å². The second kappa shape index (κ2) is 10.3. The van der Waals surface area contributed by atoms with E-state index in [0.29, 0.717) is 0 Å². The minimum absolute atomic E-state index is 0. The molecule has 0 saturated heterocycles. The van der Waals surface area contributed by atoms with E-state index >= 15 is 0 Å². The van der Waals surface area contributed by atoms with E-state index in [1.807, 2.05) is 18.3 Å². The van der Waals surface area contributed by atoms with Crippen molar-refractivity contribution in [1.29, 1.82) is 0 Å². The standard InChI is InChI=1S/C23H22N.2CH3.Ir.2H2N/c1-22(2)17-11-5-6-12-18(17)23(3,4)21-16(10-9-13-19(21)22)20-14-7-8-15-24-20;;;;;/h5-9,11-15H,1-4H3;2*1H3;;2*1H2/q3*-1;;2*-1. The van der Waals surface area contributed by atoms with E-state index in [2.05, 4.69) is 81.2 Å². The van der Waals surface area contributed by atoms with Gasteiger partial charge < -0.3 is 32.1 Å². The summed E-state index contributed by atoms with van der Waals surface area (Å²) in [4.78, 5) is 4.60. The summed E-state index contributed by atoms with van der Waals surface area (Å²) in [6.07, 6.45) is 1.86. The first-order valence-corrected chi connectivity index (χ1v) is 8.51. The second-order valence-electron chi connectivity index (χ2n) is 7.65. The number of pyridine rings is 1. The largest absolute Gasteiger partial charge is 0.693 e. The molecule has 0 fully saturated rings. The van der Waals surface area contributed by atoms with E-state index in [-0.39, 0.29) is 58.1 Å². The minimum atomic E-state index is -0.0773. The Hall–Kier alpha value is -1.84. The molecule has 0 bridgehead atoms. The van der Waals surface area contributed by atoms with Gasteiger partial charge in [-0.1, -0.05) is 64.1 Å². The number of nitrogens with two attached hydrogens (primary N) is 2. The molecule has 3 aromatic rings. The monoisotopic (exact) mass is 567 g/mol. The summed E-state index contributed by atoms with van der Waals surface area (Å²) in [5, 5.41) is 0. The van der Waals surface area contributed by atoms with Crippen LogP contribution in [0, 0.1) is 20.9 Å². The van der Waals surface area contributed by atoms with E-state index in [1.165, 1.54) is 22.3 Å². The minimum Gasteiger partial charge on any atom is -0.693 e. The Morgan fingerprint density at radius 3 is 1.83 bits per heavy atom. The van der Waals surface area contributed by atoms with Crippen LogP contribution < -0.4 is 0 Å². The normalized spacial score (nSPS) is 14.1. The maximum absolute atomic E-state index is 4.60. The van der Waals surface area contributed by atoms with Gasteiger partial charge in [-0.2, -0.15) is 0 Å². The van der Waals surface area contributed by atoms with Gasteiger partial charge in [0.05, 0.1) is 0 Å².